The van der Waals surface area contributed by atoms with Gasteiger partial charge in [-0.3, -0.25) is 9.59 Å². The van der Waals surface area contributed by atoms with Gasteiger partial charge in [-0.05, 0) is 35.4 Å². The van der Waals surface area contributed by atoms with Crippen molar-refractivity contribution >= 4 is 11.8 Å². The highest BCUT2D eigenvalue weighted by molar-refractivity contribution is 5.92. The molecule has 2 rings (SSSR count). The lowest BCUT2D eigenvalue weighted by molar-refractivity contribution is -0.120. The Bertz CT molecular complexity index is 683. The average Bonchev–Trinajstić information content (AvgIpc) is 2.53. The van der Waals surface area contributed by atoms with Crippen molar-refractivity contribution in [2.45, 2.75) is 13.0 Å². The molecule has 5 heteroatoms. The molecule has 0 aromatic heterocycles. The second-order valence-electron chi connectivity index (χ2n) is 4.87. The maximum Gasteiger partial charge on any atom is 0.248 e. The van der Waals surface area contributed by atoms with E-state index < -0.39 is 5.91 Å². The Morgan fingerprint density at radius 2 is 1.82 bits per heavy atom. The predicted molar refractivity (Wildman–Crippen MR) is 83.5 cm³/mol. The zero-order chi connectivity index (χ0) is 15.9. The third-order valence-corrected chi connectivity index (χ3v) is 3.20. The molecular weight excluding hydrogens is 280 g/mol. The van der Waals surface area contributed by atoms with Gasteiger partial charge in [-0.25, -0.2) is 0 Å². The summed E-state index contributed by atoms with van der Waals surface area (Å²) in [5.74, 6) is 0.141. The molecule has 22 heavy (non-hydrogen) atoms. The van der Waals surface area contributed by atoms with E-state index in [9.17, 15) is 9.59 Å². The van der Waals surface area contributed by atoms with Crippen molar-refractivity contribution in [3.05, 3.63) is 65.2 Å². The molecule has 3 N–H and O–H groups in total. The van der Waals surface area contributed by atoms with E-state index in [1.165, 1.54) is 0 Å². The minimum atomic E-state index is -0.482. The van der Waals surface area contributed by atoms with E-state index in [4.69, 9.17) is 10.5 Å². The van der Waals surface area contributed by atoms with Gasteiger partial charge in [-0.1, -0.05) is 24.3 Å². The summed E-state index contributed by atoms with van der Waals surface area (Å²) in [5, 5.41) is 2.82. The van der Waals surface area contributed by atoms with Crippen LogP contribution in [-0.2, 0) is 17.8 Å². The molecule has 2 aromatic rings. The maximum absolute atomic E-state index is 12.0. The van der Waals surface area contributed by atoms with E-state index in [0.717, 1.165) is 16.9 Å². The third kappa shape index (κ3) is 4.34. The molecule has 0 spiro atoms. The first kappa shape index (κ1) is 15.6. The molecule has 0 unspecified atom stereocenters. The highest BCUT2D eigenvalue weighted by Gasteiger charge is 2.06. The van der Waals surface area contributed by atoms with Gasteiger partial charge in [0.05, 0.1) is 13.5 Å². The minimum Gasteiger partial charge on any atom is -0.497 e. The molecule has 0 aliphatic heterocycles. The Hall–Kier alpha value is -2.82. The average molecular weight is 298 g/mol. The monoisotopic (exact) mass is 298 g/mol. The lowest BCUT2D eigenvalue weighted by Crippen LogP contribution is -2.24. The highest BCUT2D eigenvalue weighted by Crippen LogP contribution is 2.13. The van der Waals surface area contributed by atoms with Crippen LogP contribution in [0.5, 0.6) is 5.75 Å². The molecule has 0 fully saturated rings. The Morgan fingerprint density at radius 1 is 1.09 bits per heavy atom. The number of methoxy groups -OCH3 is 1. The summed E-state index contributed by atoms with van der Waals surface area (Å²) in [6.45, 7) is 0.351. The van der Waals surface area contributed by atoms with Crippen LogP contribution in [0, 0.1) is 0 Å². The molecule has 114 valence electrons. The molecule has 0 saturated heterocycles. The zero-order valence-corrected chi connectivity index (χ0v) is 12.3. The van der Waals surface area contributed by atoms with Gasteiger partial charge in [0.15, 0.2) is 0 Å². The van der Waals surface area contributed by atoms with Gasteiger partial charge in [0.2, 0.25) is 11.8 Å². The van der Waals surface area contributed by atoms with Crippen LogP contribution in [0.1, 0.15) is 21.5 Å². The molecule has 2 aromatic carbocycles. The van der Waals surface area contributed by atoms with Gasteiger partial charge >= 0.3 is 0 Å². The summed E-state index contributed by atoms with van der Waals surface area (Å²) in [7, 11) is 1.59. The van der Waals surface area contributed by atoms with Crippen LogP contribution in [-0.4, -0.2) is 18.9 Å². The van der Waals surface area contributed by atoms with Gasteiger partial charge in [0.1, 0.15) is 5.75 Å². The Morgan fingerprint density at radius 3 is 2.55 bits per heavy atom. The summed E-state index contributed by atoms with van der Waals surface area (Å²) in [6, 6.07) is 14.3. The van der Waals surface area contributed by atoms with Crippen LogP contribution in [0.2, 0.25) is 0 Å². The van der Waals surface area contributed by atoms with Crippen molar-refractivity contribution in [1.29, 1.82) is 0 Å². The first-order valence-corrected chi connectivity index (χ1v) is 6.87. The summed E-state index contributed by atoms with van der Waals surface area (Å²) < 4.78 is 5.13. The number of hydrogen-bond donors (Lipinski definition) is 2. The second-order valence-corrected chi connectivity index (χ2v) is 4.87. The third-order valence-electron chi connectivity index (χ3n) is 3.20. The fourth-order valence-corrected chi connectivity index (χ4v) is 2.07. The molecular formula is C17H18N2O3. The zero-order valence-electron chi connectivity index (χ0n) is 12.3. The number of carbonyl (C=O) groups is 2. The largest absolute Gasteiger partial charge is 0.497 e. The molecule has 0 radical (unpaired) electrons. The van der Waals surface area contributed by atoms with Gasteiger partial charge in [-0.2, -0.15) is 0 Å². The van der Waals surface area contributed by atoms with E-state index in [1.807, 2.05) is 30.3 Å². The fraction of sp³-hybridized carbons (Fsp3) is 0.176. The molecule has 0 heterocycles. The first-order chi connectivity index (χ1) is 10.6. The van der Waals surface area contributed by atoms with Gasteiger partial charge in [0, 0.05) is 12.1 Å². The second kappa shape index (κ2) is 7.26. The summed E-state index contributed by atoms with van der Waals surface area (Å²) in [6.07, 6.45) is 0.271. The summed E-state index contributed by atoms with van der Waals surface area (Å²) in [5.41, 5.74) is 7.37. The lowest BCUT2D eigenvalue weighted by atomic mass is 10.1. The van der Waals surface area contributed by atoms with Crippen molar-refractivity contribution in [1.82, 2.24) is 5.32 Å². The number of primary amides is 1. The number of nitrogens with one attached hydrogen (secondary N) is 1. The van der Waals surface area contributed by atoms with Gasteiger partial charge < -0.3 is 15.8 Å². The maximum atomic E-state index is 12.0. The number of benzene rings is 2. The Balaban J connectivity index is 1.92. The van der Waals surface area contributed by atoms with Gasteiger partial charge in [0.25, 0.3) is 0 Å². The lowest BCUT2D eigenvalue weighted by Gasteiger charge is -2.07. The number of rotatable bonds is 6. The number of ether oxygens (including phenoxy) is 1. The summed E-state index contributed by atoms with van der Waals surface area (Å²) in [4.78, 5) is 23.1. The molecule has 0 atom stereocenters. The van der Waals surface area contributed by atoms with E-state index in [1.54, 1.807) is 25.3 Å². The van der Waals surface area contributed by atoms with Crippen molar-refractivity contribution in [3.63, 3.8) is 0 Å². The number of hydrogen-bond acceptors (Lipinski definition) is 3. The predicted octanol–water partition coefficient (Wildman–Crippen LogP) is 1.65. The Labute approximate surface area is 129 Å². The number of nitrogens with two attached hydrogens (primary N) is 1. The smallest absolute Gasteiger partial charge is 0.248 e. The molecule has 0 aliphatic rings. The van der Waals surface area contributed by atoms with Crippen LogP contribution in [0.3, 0.4) is 0 Å². The quantitative estimate of drug-likeness (QED) is 0.851. The van der Waals surface area contributed by atoms with E-state index in [0.29, 0.717) is 12.1 Å². The van der Waals surface area contributed by atoms with Crippen molar-refractivity contribution < 1.29 is 14.3 Å². The first-order valence-electron chi connectivity index (χ1n) is 6.87. The summed E-state index contributed by atoms with van der Waals surface area (Å²) >= 11 is 0. The van der Waals surface area contributed by atoms with Crippen LogP contribution in [0.25, 0.3) is 0 Å². The Kier molecular flexibility index (Phi) is 5.14. The van der Waals surface area contributed by atoms with Crippen LogP contribution in [0.4, 0.5) is 0 Å². The van der Waals surface area contributed by atoms with Gasteiger partial charge in [-0.15, -0.1) is 0 Å². The molecule has 0 aliphatic carbocycles. The van der Waals surface area contributed by atoms with Crippen molar-refractivity contribution in [2.75, 3.05) is 7.11 Å². The van der Waals surface area contributed by atoms with E-state index >= 15 is 0 Å². The normalized spacial score (nSPS) is 10.0. The van der Waals surface area contributed by atoms with Crippen LogP contribution >= 0.6 is 0 Å². The van der Waals surface area contributed by atoms with E-state index in [-0.39, 0.29) is 12.3 Å². The van der Waals surface area contributed by atoms with Crippen LogP contribution < -0.4 is 15.8 Å². The minimum absolute atomic E-state index is 0.0993. The van der Waals surface area contributed by atoms with Crippen molar-refractivity contribution in [3.8, 4) is 5.75 Å². The van der Waals surface area contributed by atoms with E-state index in [2.05, 4.69) is 5.32 Å². The number of amides is 2. The number of carbonyl (C=O) groups excluding carboxylic acids is 2. The van der Waals surface area contributed by atoms with Crippen LogP contribution in [0.15, 0.2) is 48.5 Å². The fourth-order valence-electron chi connectivity index (χ4n) is 2.07. The highest BCUT2D eigenvalue weighted by atomic mass is 16.5. The SMILES string of the molecule is COc1cccc(CC(=O)NCc2cccc(C(N)=O)c2)c1. The topological polar surface area (TPSA) is 81.4 Å². The molecule has 0 bridgehead atoms. The van der Waals surface area contributed by atoms with Crippen molar-refractivity contribution in [2.24, 2.45) is 5.73 Å². The molecule has 5 nitrogen and oxygen atoms in total. The molecule has 2 amide bonds. The molecule has 0 saturated carbocycles. The standard InChI is InChI=1S/C17H18N2O3/c1-22-15-7-3-4-12(9-15)10-16(20)19-11-13-5-2-6-14(8-13)17(18)21/h2-9H,10-11H2,1H3,(H2,18,21)(H,19,20).